The van der Waals surface area contributed by atoms with Gasteiger partial charge in [0.2, 0.25) is 0 Å². The fourth-order valence-corrected chi connectivity index (χ4v) is 5.10. The first kappa shape index (κ1) is 23.2. The summed E-state index contributed by atoms with van der Waals surface area (Å²) >= 11 is 0. The molecule has 176 valence electrons. The minimum atomic E-state index is -4.04. The molecule has 1 aromatic heterocycles. The molecule has 0 saturated heterocycles. The average Bonchev–Trinajstić information content (AvgIpc) is 3.05. The fourth-order valence-electron chi connectivity index (χ4n) is 3.83. The normalized spacial score (nSPS) is 13.1. The number of aromatic nitrogens is 1. The first-order valence-corrected chi connectivity index (χ1v) is 11.9. The molecule has 1 aliphatic rings. The molecule has 2 aromatic carbocycles. The predicted octanol–water partition coefficient (Wildman–Crippen LogP) is 3.06. The Labute approximate surface area is 198 Å². The number of nitrogens with one attached hydrogen (secondary N) is 1. The number of benzene rings is 2. The largest absolute Gasteiger partial charge is 0.495 e. The van der Waals surface area contributed by atoms with Crippen LogP contribution in [0.2, 0.25) is 0 Å². The minimum Gasteiger partial charge on any atom is -0.495 e. The average molecular weight is 481 g/mol. The Morgan fingerprint density at radius 2 is 1.82 bits per heavy atom. The van der Waals surface area contributed by atoms with Gasteiger partial charge in [-0.1, -0.05) is 12.1 Å². The summed E-state index contributed by atoms with van der Waals surface area (Å²) in [6.07, 6.45) is 1.45. The van der Waals surface area contributed by atoms with Gasteiger partial charge in [-0.15, -0.1) is 0 Å². The van der Waals surface area contributed by atoms with Crippen LogP contribution in [0.3, 0.4) is 0 Å². The molecule has 10 heteroatoms. The molecular weight excluding hydrogens is 456 g/mol. The number of nitrogens with zero attached hydrogens (tertiary/aromatic N) is 3. The molecule has 0 radical (unpaired) electrons. The molecule has 0 fully saturated rings. The van der Waals surface area contributed by atoms with Crippen molar-refractivity contribution in [3.05, 3.63) is 77.1 Å². The lowest BCUT2D eigenvalue weighted by Gasteiger charge is -2.19. The van der Waals surface area contributed by atoms with Crippen molar-refractivity contribution in [2.75, 3.05) is 30.8 Å². The summed E-state index contributed by atoms with van der Waals surface area (Å²) in [4.78, 5) is 32.2. The van der Waals surface area contributed by atoms with Crippen LogP contribution in [-0.4, -0.2) is 51.3 Å². The van der Waals surface area contributed by atoms with Gasteiger partial charge < -0.3 is 9.64 Å². The number of amides is 2. The molecule has 0 atom stereocenters. The van der Waals surface area contributed by atoms with E-state index in [-0.39, 0.29) is 28.4 Å². The maximum Gasteiger partial charge on any atom is 0.280 e. The predicted molar refractivity (Wildman–Crippen MR) is 128 cm³/mol. The number of sulfonamides is 1. The topological polar surface area (TPSA) is 109 Å². The van der Waals surface area contributed by atoms with Crippen molar-refractivity contribution in [2.45, 2.75) is 18.4 Å². The van der Waals surface area contributed by atoms with Gasteiger partial charge in [0.25, 0.3) is 21.8 Å². The van der Waals surface area contributed by atoms with Crippen molar-refractivity contribution in [3.63, 3.8) is 0 Å². The van der Waals surface area contributed by atoms with Gasteiger partial charge in [-0.3, -0.25) is 24.2 Å². The summed E-state index contributed by atoms with van der Waals surface area (Å²) in [6.45, 7) is 1.84. The quantitative estimate of drug-likeness (QED) is 0.518. The second kappa shape index (κ2) is 8.79. The number of aryl methyl sites for hydroxylation is 1. The van der Waals surface area contributed by atoms with Gasteiger partial charge in [-0.05, 0) is 54.4 Å². The molecule has 34 heavy (non-hydrogen) atoms. The Kier molecular flexibility index (Phi) is 6.01. The summed E-state index contributed by atoms with van der Waals surface area (Å²) in [7, 11) is 1.09. The molecule has 1 N–H and O–H groups in total. The van der Waals surface area contributed by atoms with Crippen LogP contribution in [-0.2, 0) is 16.6 Å². The highest BCUT2D eigenvalue weighted by atomic mass is 32.2. The molecule has 0 unspecified atom stereocenters. The zero-order chi connectivity index (χ0) is 24.6. The Balaban J connectivity index is 1.65. The van der Waals surface area contributed by atoms with Gasteiger partial charge in [0, 0.05) is 26.0 Å². The lowest BCUT2D eigenvalue weighted by Crippen LogP contribution is -2.29. The van der Waals surface area contributed by atoms with E-state index in [0.29, 0.717) is 11.3 Å². The fraction of sp³-hybridized carbons (Fsp3) is 0.208. The molecule has 2 amide bonds. The number of rotatable bonds is 7. The number of hydrogen-bond acceptors (Lipinski definition) is 7. The van der Waals surface area contributed by atoms with Gasteiger partial charge in [-0.25, -0.2) is 8.42 Å². The van der Waals surface area contributed by atoms with Crippen LogP contribution in [0.1, 0.15) is 32.0 Å². The number of imide groups is 1. The second-order valence-electron chi connectivity index (χ2n) is 8.08. The maximum atomic E-state index is 13.3. The van der Waals surface area contributed by atoms with E-state index in [1.807, 2.05) is 32.0 Å². The first-order valence-electron chi connectivity index (χ1n) is 10.4. The number of fused-ring (bicyclic) bond motifs is 1. The second-order valence-corrected chi connectivity index (χ2v) is 9.73. The number of carbonyl (C=O) groups is 2. The molecule has 0 saturated carbocycles. The number of ether oxygens (including phenoxy) is 1. The van der Waals surface area contributed by atoms with Gasteiger partial charge in [0.05, 0.1) is 24.9 Å². The first-order chi connectivity index (χ1) is 16.1. The third-order valence-electron chi connectivity index (χ3n) is 5.53. The molecular formula is C24H24N4O5S. The Morgan fingerprint density at radius 1 is 1.06 bits per heavy atom. The molecule has 0 spiro atoms. The van der Waals surface area contributed by atoms with Crippen molar-refractivity contribution in [1.82, 2.24) is 9.88 Å². The molecule has 3 aromatic rings. The lowest BCUT2D eigenvalue weighted by atomic mass is 10.2. The number of carbonyl (C=O) groups excluding carboxylic acids is 2. The third-order valence-corrected chi connectivity index (χ3v) is 6.93. The van der Waals surface area contributed by atoms with Crippen molar-refractivity contribution in [1.29, 1.82) is 0 Å². The third kappa shape index (κ3) is 4.19. The highest BCUT2D eigenvalue weighted by Gasteiger charge is 2.36. The highest BCUT2D eigenvalue weighted by molar-refractivity contribution is 7.92. The van der Waals surface area contributed by atoms with Gasteiger partial charge in [-0.2, -0.15) is 0 Å². The van der Waals surface area contributed by atoms with Crippen molar-refractivity contribution >= 4 is 33.2 Å². The molecule has 4 rings (SSSR count). The van der Waals surface area contributed by atoms with E-state index in [1.54, 1.807) is 30.3 Å². The highest BCUT2D eigenvalue weighted by Crippen LogP contribution is 2.30. The molecule has 0 bridgehead atoms. The van der Waals surface area contributed by atoms with Crippen molar-refractivity contribution in [2.24, 2.45) is 0 Å². The zero-order valence-electron chi connectivity index (χ0n) is 19.2. The SMILES string of the molecule is COc1ccc(CN2C(=O)c3cccnc3C2=O)cc1S(=O)(=O)Nc1ccc(C)c(N(C)C)c1. The minimum absolute atomic E-state index is 0.0894. The number of anilines is 2. The number of methoxy groups -OCH3 is 1. The van der Waals surface area contributed by atoms with E-state index in [0.717, 1.165) is 16.2 Å². The van der Waals surface area contributed by atoms with Gasteiger partial charge in [0.15, 0.2) is 0 Å². The standard InChI is InChI=1S/C24H24N4O5S/c1-15-7-9-17(13-19(15)27(2)3)26-34(31,32)21-12-16(8-10-20(21)33-4)14-28-23(29)18-6-5-11-25-22(18)24(28)30/h5-13,26H,14H2,1-4H3. The Morgan fingerprint density at radius 3 is 2.50 bits per heavy atom. The molecule has 2 heterocycles. The van der Waals surface area contributed by atoms with Crippen LogP contribution in [0.4, 0.5) is 11.4 Å². The van der Waals surface area contributed by atoms with Crippen molar-refractivity contribution in [3.8, 4) is 5.75 Å². The van der Waals surface area contributed by atoms with Crippen LogP contribution in [0.15, 0.2) is 59.6 Å². The van der Waals surface area contributed by atoms with E-state index in [9.17, 15) is 18.0 Å². The van der Waals surface area contributed by atoms with Gasteiger partial charge in [0.1, 0.15) is 16.3 Å². The van der Waals surface area contributed by atoms with Crippen molar-refractivity contribution < 1.29 is 22.7 Å². The molecule has 9 nitrogen and oxygen atoms in total. The summed E-state index contributed by atoms with van der Waals surface area (Å²) in [6, 6.07) is 12.9. The van der Waals surface area contributed by atoms with Gasteiger partial charge >= 0.3 is 0 Å². The summed E-state index contributed by atoms with van der Waals surface area (Å²) in [5.74, 6) is -0.850. The number of hydrogen-bond donors (Lipinski definition) is 1. The monoisotopic (exact) mass is 480 g/mol. The van der Waals surface area contributed by atoms with E-state index in [4.69, 9.17) is 4.74 Å². The molecule has 1 aliphatic heterocycles. The van der Waals surface area contributed by atoms with Crippen LogP contribution in [0.25, 0.3) is 0 Å². The summed E-state index contributed by atoms with van der Waals surface area (Å²) in [5.41, 5.74) is 3.04. The van der Waals surface area contributed by atoms with Crippen LogP contribution in [0, 0.1) is 6.92 Å². The van der Waals surface area contributed by atoms with Crippen LogP contribution in [0.5, 0.6) is 5.75 Å². The summed E-state index contributed by atoms with van der Waals surface area (Å²) in [5, 5.41) is 0. The van der Waals surface area contributed by atoms with Crippen LogP contribution >= 0.6 is 0 Å². The number of pyridine rings is 1. The summed E-state index contributed by atoms with van der Waals surface area (Å²) < 4.78 is 34.4. The van der Waals surface area contributed by atoms with E-state index < -0.39 is 21.8 Å². The van der Waals surface area contributed by atoms with E-state index in [1.165, 1.54) is 25.4 Å². The van der Waals surface area contributed by atoms with E-state index >= 15 is 0 Å². The maximum absolute atomic E-state index is 13.3. The molecule has 0 aliphatic carbocycles. The Bertz CT molecular complexity index is 1370. The van der Waals surface area contributed by atoms with Crippen LogP contribution < -0.4 is 14.4 Å². The lowest BCUT2D eigenvalue weighted by molar-refractivity contribution is 0.0640. The smallest absolute Gasteiger partial charge is 0.280 e. The Hall–Kier alpha value is -3.92. The zero-order valence-corrected chi connectivity index (χ0v) is 20.0. The van der Waals surface area contributed by atoms with E-state index in [2.05, 4.69) is 9.71 Å².